The standard InChI is InChI=1S/C21H31N3O3/c1-3-22-19(26)23-20(13-16-27-2)11-14-24(15-12-20)18(25)21(9-10-21)17-7-5-4-6-8-17/h4-8H,3,9-16H2,1-2H3,(H2,22,23,26). The van der Waals surface area contributed by atoms with Crippen molar-refractivity contribution in [3.05, 3.63) is 35.9 Å². The number of benzene rings is 1. The zero-order valence-electron chi connectivity index (χ0n) is 16.4. The molecule has 0 radical (unpaired) electrons. The van der Waals surface area contributed by atoms with Gasteiger partial charge in [0.25, 0.3) is 0 Å². The summed E-state index contributed by atoms with van der Waals surface area (Å²) in [5.41, 5.74) is 0.503. The summed E-state index contributed by atoms with van der Waals surface area (Å²) in [7, 11) is 1.68. The fraction of sp³-hybridized carbons (Fsp3) is 0.619. The lowest BCUT2D eigenvalue weighted by Crippen LogP contribution is -2.59. The minimum Gasteiger partial charge on any atom is -0.385 e. The predicted molar refractivity (Wildman–Crippen MR) is 105 cm³/mol. The number of carbonyl (C=O) groups is 2. The van der Waals surface area contributed by atoms with Gasteiger partial charge in [0.2, 0.25) is 5.91 Å². The van der Waals surface area contributed by atoms with E-state index in [1.54, 1.807) is 7.11 Å². The van der Waals surface area contributed by atoms with Gasteiger partial charge in [-0.3, -0.25) is 4.79 Å². The van der Waals surface area contributed by atoms with Crippen molar-refractivity contribution in [2.24, 2.45) is 0 Å². The Morgan fingerprint density at radius 2 is 1.78 bits per heavy atom. The second kappa shape index (κ2) is 8.30. The Kier molecular flexibility index (Phi) is 6.05. The number of nitrogens with one attached hydrogen (secondary N) is 2. The molecule has 6 heteroatoms. The van der Waals surface area contributed by atoms with Crippen molar-refractivity contribution in [2.45, 2.75) is 50.0 Å². The molecule has 2 N–H and O–H groups in total. The fourth-order valence-electron chi connectivity index (χ4n) is 4.13. The van der Waals surface area contributed by atoms with E-state index in [-0.39, 0.29) is 22.9 Å². The van der Waals surface area contributed by atoms with Crippen LogP contribution >= 0.6 is 0 Å². The highest BCUT2D eigenvalue weighted by Crippen LogP contribution is 2.50. The smallest absolute Gasteiger partial charge is 0.315 e. The largest absolute Gasteiger partial charge is 0.385 e. The number of ether oxygens (including phenoxy) is 1. The summed E-state index contributed by atoms with van der Waals surface area (Å²) in [5.74, 6) is 0.243. The van der Waals surface area contributed by atoms with Crippen LogP contribution in [0.3, 0.4) is 0 Å². The Morgan fingerprint density at radius 1 is 1.11 bits per heavy atom. The number of piperidine rings is 1. The van der Waals surface area contributed by atoms with E-state index in [2.05, 4.69) is 22.8 Å². The zero-order valence-corrected chi connectivity index (χ0v) is 16.4. The highest BCUT2D eigenvalue weighted by Gasteiger charge is 2.53. The molecule has 3 rings (SSSR count). The lowest BCUT2D eigenvalue weighted by Gasteiger charge is -2.43. The van der Waals surface area contributed by atoms with Gasteiger partial charge < -0.3 is 20.3 Å². The molecule has 0 atom stereocenters. The van der Waals surface area contributed by atoms with Crippen LogP contribution in [0.4, 0.5) is 4.79 Å². The molecule has 0 unspecified atom stereocenters. The third kappa shape index (κ3) is 4.26. The monoisotopic (exact) mass is 373 g/mol. The summed E-state index contributed by atoms with van der Waals surface area (Å²) in [4.78, 5) is 27.3. The molecule has 1 saturated heterocycles. The molecule has 1 heterocycles. The van der Waals surface area contributed by atoms with Crippen LogP contribution in [-0.4, -0.2) is 55.7 Å². The third-order valence-corrected chi connectivity index (χ3v) is 5.99. The van der Waals surface area contributed by atoms with Gasteiger partial charge in [-0.25, -0.2) is 4.79 Å². The lowest BCUT2D eigenvalue weighted by atomic mass is 9.83. The van der Waals surface area contributed by atoms with Crippen molar-refractivity contribution in [3.8, 4) is 0 Å². The van der Waals surface area contributed by atoms with Crippen molar-refractivity contribution in [2.75, 3.05) is 33.4 Å². The molecule has 27 heavy (non-hydrogen) atoms. The van der Waals surface area contributed by atoms with Crippen LogP contribution in [0.25, 0.3) is 0 Å². The van der Waals surface area contributed by atoms with Gasteiger partial charge in [0.05, 0.1) is 5.41 Å². The number of likely N-dealkylation sites (tertiary alicyclic amines) is 1. The second-order valence-electron chi connectivity index (χ2n) is 7.75. The molecule has 1 aliphatic carbocycles. The Bertz CT molecular complexity index is 650. The van der Waals surface area contributed by atoms with Gasteiger partial charge in [-0.1, -0.05) is 30.3 Å². The molecule has 2 fully saturated rings. The maximum absolute atomic E-state index is 13.2. The Hall–Kier alpha value is -2.08. The Balaban J connectivity index is 1.65. The first-order valence-electron chi connectivity index (χ1n) is 9.95. The van der Waals surface area contributed by atoms with Crippen molar-refractivity contribution in [1.29, 1.82) is 0 Å². The maximum Gasteiger partial charge on any atom is 0.315 e. The number of nitrogens with zero attached hydrogens (tertiary/aromatic N) is 1. The SMILES string of the molecule is CCNC(=O)NC1(CCOC)CCN(C(=O)C2(c3ccccc3)CC2)CC1. The number of carbonyl (C=O) groups excluding carboxylic acids is 2. The summed E-state index contributed by atoms with van der Waals surface area (Å²) >= 11 is 0. The fourth-order valence-corrected chi connectivity index (χ4v) is 4.13. The Labute approximate surface area is 161 Å². The molecule has 6 nitrogen and oxygen atoms in total. The van der Waals surface area contributed by atoms with Crippen molar-refractivity contribution in [3.63, 3.8) is 0 Å². The summed E-state index contributed by atoms with van der Waals surface area (Å²) in [6, 6.07) is 9.98. The van der Waals surface area contributed by atoms with Gasteiger partial charge in [-0.15, -0.1) is 0 Å². The highest BCUT2D eigenvalue weighted by molar-refractivity contribution is 5.91. The summed E-state index contributed by atoms with van der Waals surface area (Å²) in [6.07, 6.45) is 4.12. The molecule has 0 bridgehead atoms. The number of hydrogen-bond acceptors (Lipinski definition) is 3. The van der Waals surface area contributed by atoms with Crippen LogP contribution in [-0.2, 0) is 14.9 Å². The third-order valence-electron chi connectivity index (χ3n) is 5.99. The van der Waals surface area contributed by atoms with Crippen molar-refractivity contribution in [1.82, 2.24) is 15.5 Å². The molecular formula is C21H31N3O3. The van der Waals surface area contributed by atoms with E-state index in [1.807, 2.05) is 30.0 Å². The molecule has 1 saturated carbocycles. The summed E-state index contributed by atoms with van der Waals surface area (Å²) in [5, 5.41) is 5.96. The average Bonchev–Trinajstić information content (AvgIpc) is 3.49. The average molecular weight is 373 g/mol. The predicted octanol–water partition coefficient (Wildman–Crippen LogP) is 2.44. The van der Waals surface area contributed by atoms with E-state index in [4.69, 9.17) is 4.74 Å². The van der Waals surface area contributed by atoms with Gasteiger partial charge >= 0.3 is 6.03 Å². The molecule has 1 aromatic rings. The van der Waals surface area contributed by atoms with Crippen LogP contribution in [0.2, 0.25) is 0 Å². The van der Waals surface area contributed by atoms with Gasteiger partial charge in [0.15, 0.2) is 0 Å². The number of hydrogen-bond donors (Lipinski definition) is 2. The minimum atomic E-state index is -0.319. The maximum atomic E-state index is 13.2. The number of rotatable bonds is 7. The first kappa shape index (κ1) is 19.7. The van der Waals surface area contributed by atoms with Gasteiger partial charge in [-0.2, -0.15) is 0 Å². The van der Waals surface area contributed by atoms with Gasteiger partial charge in [0, 0.05) is 38.9 Å². The highest BCUT2D eigenvalue weighted by atomic mass is 16.5. The van der Waals surface area contributed by atoms with Crippen LogP contribution in [0.1, 0.15) is 44.6 Å². The molecule has 3 amide bonds. The normalized spacial score (nSPS) is 20.0. The zero-order chi connectivity index (χ0) is 19.3. The Morgan fingerprint density at radius 3 is 2.33 bits per heavy atom. The van der Waals surface area contributed by atoms with Crippen LogP contribution < -0.4 is 10.6 Å². The summed E-state index contributed by atoms with van der Waals surface area (Å²) < 4.78 is 5.26. The van der Waals surface area contributed by atoms with Gasteiger partial charge in [0.1, 0.15) is 0 Å². The number of amides is 3. The second-order valence-corrected chi connectivity index (χ2v) is 7.75. The molecule has 1 aliphatic heterocycles. The van der Waals surface area contributed by atoms with E-state index in [9.17, 15) is 9.59 Å². The first-order valence-corrected chi connectivity index (χ1v) is 9.95. The topological polar surface area (TPSA) is 70.7 Å². The quantitative estimate of drug-likeness (QED) is 0.771. The van der Waals surface area contributed by atoms with E-state index in [1.165, 1.54) is 0 Å². The van der Waals surface area contributed by atoms with Crippen molar-refractivity contribution >= 4 is 11.9 Å². The molecular weight excluding hydrogens is 342 g/mol. The van der Waals surface area contributed by atoms with Crippen LogP contribution in [0.5, 0.6) is 0 Å². The van der Waals surface area contributed by atoms with Crippen LogP contribution in [0.15, 0.2) is 30.3 Å². The van der Waals surface area contributed by atoms with E-state index >= 15 is 0 Å². The molecule has 1 aromatic carbocycles. The van der Waals surface area contributed by atoms with Gasteiger partial charge in [-0.05, 0) is 44.6 Å². The number of methoxy groups -OCH3 is 1. The molecule has 0 spiro atoms. The van der Waals surface area contributed by atoms with E-state index < -0.39 is 0 Å². The number of urea groups is 1. The molecule has 2 aliphatic rings. The van der Waals surface area contributed by atoms with E-state index in [0.29, 0.717) is 26.2 Å². The first-order chi connectivity index (χ1) is 13.1. The summed E-state index contributed by atoms with van der Waals surface area (Å²) in [6.45, 7) is 4.43. The van der Waals surface area contributed by atoms with Crippen molar-refractivity contribution < 1.29 is 14.3 Å². The minimum absolute atomic E-state index is 0.142. The molecule has 148 valence electrons. The molecule has 0 aromatic heterocycles. The van der Waals surface area contributed by atoms with Crippen LogP contribution in [0, 0.1) is 0 Å². The van der Waals surface area contributed by atoms with E-state index in [0.717, 1.165) is 37.7 Å². The lowest BCUT2D eigenvalue weighted by molar-refractivity contribution is -0.135.